The average molecular weight is 302 g/mol. The number of nitrogens with zero attached hydrogens (tertiary/aromatic N) is 2. The van der Waals surface area contributed by atoms with Crippen LogP contribution < -0.4 is 0 Å². The van der Waals surface area contributed by atoms with Crippen molar-refractivity contribution in [2.45, 2.75) is 40.7 Å². The maximum Gasteiger partial charge on any atom is 0.253 e. The van der Waals surface area contributed by atoms with Gasteiger partial charge in [-0.1, -0.05) is 39.8 Å². The predicted molar refractivity (Wildman–Crippen MR) is 91.9 cm³/mol. The second kappa shape index (κ2) is 7.77. The number of carbonyl (C=O) groups is 1. The molecule has 0 bridgehead atoms. The summed E-state index contributed by atoms with van der Waals surface area (Å²) in [5, 5.41) is 0. The Morgan fingerprint density at radius 1 is 1.09 bits per heavy atom. The SMILES string of the molecule is CCN(CC)Cc1ccc(C(=O)N2CC(C)CC(C)C2)cc1. The second-order valence-electron chi connectivity index (χ2n) is 6.81. The van der Waals surface area contributed by atoms with E-state index in [1.807, 2.05) is 17.0 Å². The Bertz CT molecular complexity index is 469. The van der Waals surface area contributed by atoms with Gasteiger partial charge in [-0.2, -0.15) is 0 Å². The van der Waals surface area contributed by atoms with E-state index in [1.165, 1.54) is 12.0 Å². The van der Waals surface area contributed by atoms with Crippen LogP contribution in [0.25, 0.3) is 0 Å². The van der Waals surface area contributed by atoms with Gasteiger partial charge in [0.15, 0.2) is 0 Å². The summed E-state index contributed by atoms with van der Waals surface area (Å²) < 4.78 is 0. The minimum absolute atomic E-state index is 0.188. The molecule has 3 heteroatoms. The van der Waals surface area contributed by atoms with Gasteiger partial charge in [-0.15, -0.1) is 0 Å². The lowest BCUT2D eigenvalue weighted by molar-refractivity contribution is 0.0623. The molecule has 1 fully saturated rings. The van der Waals surface area contributed by atoms with Gasteiger partial charge in [0, 0.05) is 25.2 Å². The van der Waals surface area contributed by atoms with Crippen molar-refractivity contribution < 1.29 is 4.79 Å². The van der Waals surface area contributed by atoms with Crippen molar-refractivity contribution in [1.82, 2.24) is 9.80 Å². The summed E-state index contributed by atoms with van der Waals surface area (Å²) in [6.07, 6.45) is 1.23. The standard InChI is InChI=1S/C19H30N2O/c1-5-20(6-2)14-17-7-9-18(10-8-17)19(22)21-12-15(3)11-16(4)13-21/h7-10,15-16H,5-6,11-14H2,1-4H3. The maximum atomic E-state index is 12.7. The molecule has 2 atom stereocenters. The Kier molecular flexibility index (Phi) is 6.01. The molecule has 22 heavy (non-hydrogen) atoms. The van der Waals surface area contributed by atoms with E-state index in [9.17, 15) is 4.79 Å². The molecule has 0 aromatic heterocycles. The Hall–Kier alpha value is -1.35. The lowest BCUT2D eigenvalue weighted by Gasteiger charge is -2.35. The summed E-state index contributed by atoms with van der Waals surface area (Å²) in [6, 6.07) is 8.18. The number of rotatable bonds is 5. The minimum Gasteiger partial charge on any atom is -0.338 e. The monoisotopic (exact) mass is 302 g/mol. The quantitative estimate of drug-likeness (QED) is 0.829. The van der Waals surface area contributed by atoms with Gasteiger partial charge in [-0.3, -0.25) is 9.69 Å². The van der Waals surface area contributed by atoms with Crippen LogP contribution in [0.1, 0.15) is 50.0 Å². The second-order valence-corrected chi connectivity index (χ2v) is 6.81. The molecule has 1 saturated heterocycles. The van der Waals surface area contributed by atoms with Crippen LogP contribution in [0.15, 0.2) is 24.3 Å². The first-order valence-corrected chi connectivity index (χ1v) is 8.64. The number of carbonyl (C=O) groups excluding carboxylic acids is 1. The molecule has 122 valence electrons. The zero-order chi connectivity index (χ0) is 16.1. The van der Waals surface area contributed by atoms with Crippen molar-refractivity contribution in [3.63, 3.8) is 0 Å². The molecule has 1 aromatic rings. The molecule has 0 radical (unpaired) electrons. The number of likely N-dealkylation sites (tertiary alicyclic amines) is 1. The largest absolute Gasteiger partial charge is 0.338 e. The summed E-state index contributed by atoms with van der Waals surface area (Å²) >= 11 is 0. The lowest BCUT2D eigenvalue weighted by atomic mass is 9.91. The normalized spacial score (nSPS) is 22.1. The van der Waals surface area contributed by atoms with E-state index in [-0.39, 0.29) is 5.91 Å². The molecular formula is C19H30N2O. The van der Waals surface area contributed by atoms with Crippen molar-refractivity contribution in [1.29, 1.82) is 0 Å². The molecular weight excluding hydrogens is 272 g/mol. The number of piperidine rings is 1. The van der Waals surface area contributed by atoms with Crippen LogP contribution in [-0.2, 0) is 6.54 Å². The van der Waals surface area contributed by atoms with Crippen molar-refractivity contribution in [3.05, 3.63) is 35.4 Å². The highest BCUT2D eigenvalue weighted by atomic mass is 16.2. The highest BCUT2D eigenvalue weighted by Gasteiger charge is 2.25. The lowest BCUT2D eigenvalue weighted by Crippen LogP contribution is -2.42. The van der Waals surface area contributed by atoms with Crippen LogP contribution in [0.2, 0.25) is 0 Å². The van der Waals surface area contributed by atoms with Gasteiger partial charge in [-0.25, -0.2) is 0 Å². The Balaban J connectivity index is 2.01. The maximum absolute atomic E-state index is 12.7. The molecule has 1 aromatic carbocycles. The highest BCUT2D eigenvalue weighted by molar-refractivity contribution is 5.94. The Morgan fingerprint density at radius 2 is 1.64 bits per heavy atom. The van der Waals surface area contributed by atoms with E-state index in [0.29, 0.717) is 11.8 Å². The van der Waals surface area contributed by atoms with Gasteiger partial charge in [0.05, 0.1) is 0 Å². The van der Waals surface area contributed by atoms with Gasteiger partial charge in [0.2, 0.25) is 0 Å². The summed E-state index contributed by atoms with van der Waals surface area (Å²) in [5.74, 6) is 1.40. The minimum atomic E-state index is 0.188. The van der Waals surface area contributed by atoms with Crippen LogP contribution in [0.5, 0.6) is 0 Å². The molecule has 0 spiro atoms. The van der Waals surface area contributed by atoms with Crippen molar-refractivity contribution in [3.8, 4) is 0 Å². The van der Waals surface area contributed by atoms with Crippen molar-refractivity contribution in [2.75, 3.05) is 26.2 Å². The highest BCUT2D eigenvalue weighted by Crippen LogP contribution is 2.22. The summed E-state index contributed by atoms with van der Waals surface area (Å²) in [5.41, 5.74) is 2.10. The first kappa shape index (κ1) is 17.0. The molecule has 1 aliphatic rings. The van der Waals surface area contributed by atoms with E-state index in [2.05, 4.69) is 44.7 Å². The van der Waals surface area contributed by atoms with Gasteiger partial charge in [-0.05, 0) is 49.0 Å². The van der Waals surface area contributed by atoms with Crippen molar-refractivity contribution in [2.24, 2.45) is 11.8 Å². The number of hydrogen-bond acceptors (Lipinski definition) is 2. The first-order chi connectivity index (χ1) is 10.5. The third-order valence-electron chi connectivity index (χ3n) is 4.66. The van der Waals surface area contributed by atoms with Crippen LogP contribution in [0, 0.1) is 11.8 Å². The van der Waals surface area contributed by atoms with E-state index in [0.717, 1.165) is 38.3 Å². The molecule has 3 nitrogen and oxygen atoms in total. The van der Waals surface area contributed by atoms with E-state index in [1.54, 1.807) is 0 Å². The van der Waals surface area contributed by atoms with Gasteiger partial charge in [0.25, 0.3) is 5.91 Å². The van der Waals surface area contributed by atoms with Crippen LogP contribution >= 0.6 is 0 Å². The van der Waals surface area contributed by atoms with Gasteiger partial charge in [0.1, 0.15) is 0 Å². The Morgan fingerprint density at radius 3 is 2.14 bits per heavy atom. The Labute approximate surface area is 135 Å². The number of benzene rings is 1. The number of amides is 1. The van der Waals surface area contributed by atoms with E-state index < -0.39 is 0 Å². The van der Waals surface area contributed by atoms with Crippen LogP contribution in [0.3, 0.4) is 0 Å². The summed E-state index contributed by atoms with van der Waals surface area (Å²) in [7, 11) is 0. The third kappa shape index (κ3) is 4.33. The smallest absolute Gasteiger partial charge is 0.253 e. The van der Waals surface area contributed by atoms with Crippen LogP contribution in [0.4, 0.5) is 0 Å². The zero-order valence-electron chi connectivity index (χ0n) is 14.5. The van der Waals surface area contributed by atoms with Gasteiger partial charge >= 0.3 is 0 Å². The van der Waals surface area contributed by atoms with Gasteiger partial charge < -0.3 is 4.90 Å². The molecule has 2 unspecified atom stereocenters. The topological polar surface area (TPSA) is 23.6 Å². The first-order valence-electron chi connectivity index (χ1n) is 8.64. The van der Waals surface area contributed by atoms with E-state index in [4.69, 9.17) is 0 Å². The summed E-state index contributed by atoms with van der Waals surface area (Å²) in [6.45, 7) is 13.7. The fourth-order valence-electron chi connectivity index (χ4n) is 3.47. The fraction of sp³-hybridized carbons (Fsp3) is 0.632. The predicted octanol–water partition coefficient (Wildman–Crippen LogP) is 3.65. The fourth-order valence-corrected chi connectivity index (χ4v) is 3.47. The van der Waals surface area contributed by atoms with E-state index >= 15 is 0 Å². The zero-order valence-corrected chi connectivity index (χ0v) is 14.5. The van der Waals surface area contributed by atoms with Crippen molar-refractivity contribution >= 4 is 5.91 Å². The molecule has 1 amide bonds. The third-order valence-corrected chi connectivity index (χ3v) is 4.66. The summed E-state index contributed by atoms with van der Waals surface area (Å²) in [4.78, 5) is 17.1. The molecule has 0 saturated carbocycles. The molecule has 0 N–H and O–H groups in total. The molecule has 0 aliphatic carbocycles. The molecule has 1 heterocycles. The average Bonchev–Trinajstić information content (AvgIpc) is 2.51. The molecule has 2 rings (SSSR count). The number of hydrogen-bond donors (Lipinski definition) is 0. The molecule has 1 aliphatic heterocycles. The van der Waals surface area contributed by atoms with Crippen LogP contribution in [-0.4, -0.2) is 41.9 Å².